The summed E-state index contributed by atoms with van der Waals surface area (Å²) in [7, 11) is 3.00. The van der Waals surface area contributed by atoms with Gasteiger partial charge in [-0.1, -0.05) is 23.7 Å². The molecule has 1 unspecified atom stereocenters. The highest BCUT2D eigenvalue weighted by molar-refractivity contribution is 6.31. The Morgan fingerprint density at radius 1 is 0.975 bits per heavy atom. The number of hydrogen-bond acceptors (Lipinski definition) is 7. The number of furan rings is 1. The van der Waals surface area contributed by atoms with Gasteiger partial charge in [0.15, 0.2) is 34.4 Å². The van der Waals surface area contributed by atoms with Crippen LogP contribution in [0.15, 0.2) is 70.3 Å². The molecular weight excluding hydrogens is 534 g/mol. The molecule has 3 aromatic carbocycles. The predicted molar refractivity (Wildman–Crippen MR) is 152 cm³/mol. The second kappa shape index (κ2) is 10.6. The monoisotopic (exact) mass is 561 g/mol. The average molecular weight is 562 g/mol. The SMILES string of the molecule is CCOc1cc(C2C(C(=O)c3cc4cc(Cl)cc(OC)c4o3)=C(O)C(=O)N2c2ccc(C)c(C)c2)ccc1OC. The summed E-state index contributed by atoms with van der Waals surface area (Å²) in [6.45, 7) is 6.12. The van der Waals surface area contributed by atoms with Crippen molar-refractivity contribution in [3.8, 4) is 17.2 Å². The van der Waals surface area contributed by atoms with Crippen molar-refractivity contribution in [3.05, 3.63) is 93.4 Å². The molecule has 0 fully saturated rings. The van der Waals surface area contributed by atoms with E-state index in [0.717, 1.165) is 11.1 Å². The van der Waals surface area contributed by atoms with Crippen molar-refractivity contribution < 1.29 is 33.3 Å². The van der Waals surface area contributed by atoms with Crippen molar-refractivity contribution in [2.45, 2.75) is 26.8 Å². The van der Waals surface area contributed by atoms with E-state index in [1.807, 2.05) is 32.9 Å². The van der Waals surface area contributed by atoms with Gasteiger partial charge in [-0.25, -0.2) is 0 Å². The number of methoxy groups -OCH3 is 2. The number of Topliss-reactive ketones (excluding diaryl/α,β-unsaturated/α-hetero) is 1. The Labute approximate surface area is 236 Å². The van der Waals surface area contributed by atoms with Gasteiger partial charge in [0, 0.05) is 22.2 Å². The van der Waals surface area contributed by atoms with Crippen LogP contribution < -0.4 is 19.1 Å². The first-order valence-corrected chi connectivity index (χ1v) is 13.0. The first kappa shape index (κ1) is 27.1. The predicted octanol–water partition coefficient (Wildman–Crippen LogP) is 6.90. The fraction of sp³-hybridized carbons (Fsp3) is 0.226. The summed E-state index contributed by atoms with van der Waals surface area (Å²) in [6, 6.07) is 14.4. The molecule has 1 aliphatic rings. The van der Waals surface area contributed by atoms with Gasteiger partial charge in [-0.2, -0.15) is 0 Å². The molecule has 0 bridgehead atoms. The number of benzene rings is 3. The molecule has 1 atom stereocenters. The number of aliphatic hydroxyl groups excluding tert-OH is 1. The Bertz CT molecular complexity index is 1690. The lowest BCUT2D eigenvalue weighted by Crippen LogP contribution is -2.31. The number of hydrogen-bond donors (Lipinski definition) is 1. The lowest BCUT2D eigenvalue weighted by molar-refractivity contribution is -0.117. The molecule has 1 aliphatic heterocycles. The summed E-state index contributed by atoms with van der Waals surface area (Å²) in [5.41, 5.74) is 3.26. The summed E-state index contributed by atoms with van der Waals surface area (Å²) >= 11 is 6.21. The smallest absolute Gasteiger partial charge is 0.294 e. The Morgan fingerprint density at radius 3 is 2.40 bits per heavy atom. The number of amides is 1. The third-order valence-electron chi connectivity index (χ3n) is 7.02. The number of rotatable bonds is 8. The average Bonchev–Trinajstić information content (AvgIpc) is 3.48. The number of carbonyl (C=O) groups is 2. The van der Waals surface area contributed by atoms with Crippen LogP contribution in [-0.4, -0.2) is 37.6 Å². The van der Waals surface area contributed by atoms with E-state index < -0.39 is 23.5 Å². The Kier molecular flexibility index (Phi) is 7.21. The van der Waals surface area contributed by atoms with Crippen LogP contribution in [0.5, 0.6) is 17.2 Å². The van der Waals surface area contributed by atoms with Crippen molar-refractivity contribution in [3.63, 3.8) is 0 Å². The van der Waals surface area contributed by atoms with Crippen LogP contribution >= 0.6 is 11.6 Å². The second-order valence-electron chi connectivity index (χ2n) is 9.42. The van der Waals surface area contributed by atoms with Crippen LogP contribution in [0.4, 0.5) is 5.69 Å². The van der Waals surface area contributed by atoms with Gasteiger partial charge in [0.1, 0.15) is 0 Å². The summed E-state index contributed by atoms with van der Waals surface area (Å²) in [5.74, 6) is -0.798. The van der Waals surface area contributed by atoms with E-state index in [1.165, 1.54) is 25.2 Å². The molecule has 1 aromatic heterocycles. The number of ether oxygens (including phenoxy) is 3. The number of anilines is 1. The number of aliphatic hydroxyl groups is 1. The molecule has 0 spiro atoms. The topological polar surface area (TPSA) is 98.4 Å². The van der Waals surface area contributed by atoms with E-state index in [-0.39, 0.29) is 11.3 Å². The van der Waals surface area contributed by atoms with Gasteiger partial charge >= 0.3 is 0 Å². The van der Waals surface area contributed by atoms with E-state index in [9.17, 15) is 14.7 Å². The highest BCUT2D eigenvalue weighted by atomic mass is 35.5. The summed E-state index contributed by atoms with van der Waals surface area (Å²) < 4.78 is 22.5. The lowest BCUT2D eigenvalue weighted by Gasteiger charge is -2.28. The molecule has 9 heteroatoms. The second-order valence-corrected chi connectivity index (χ2v) is 9.85. The van der Waals surface area contributed by atoms with Gasteiger partial charge in [0.2, 0.25) is 5.78 Å². The van der Waals surface area contributed by atoms with E-state index in [4.69, 9.17) is 30.2 Å². The van der Waals surface area contributed by atoms with Gasteiger partial charge in [-0.15, -0.1) is 0 Å². The van der Waals surface area contributed by atoms with Gasteiger partial charge in [-0.05, 0) is 73.9 Å². The standard InChI is InChI=1S/C31H28ClNO7/c1-6-39-23-13-18(8-10-22(23)37-4)27-26(29(35)31(36)33(27)21-9-7-16(2)17(3)11-21)28(34)24-14-19-12-20(32)15-25(38-5)30(19)40-24/h7-15,27,35H,6H2,1-5H3. The minimum absolute atomic E-state index is 0.0737. The maximum absolute atomic E-state index is 14.1. The molecule has 0 saturated heterocycles. The zero-order valence-corrected chi connectivity index (χ0v) is 23.5. The van der Waals surface area contributed by atoms with Crippen molar-refractivity contribution in [1.29, 1.82) is 0 Å². The summed E-state index contributed by atoms with van der Waals surface area (Å²) in [4.78, 5) is 29.1. The normalized spacial score (nSPS) is 15.2. The molecule has 0 saturated carbocycles. The van der Waals surface area contributed by atoms with Crippen LogP contribution in [0.2, 0.25) is 5.02 Å². The summed E-state index contributed by atoms with van der Waals surface area (Å²) in [5, 5.41) is 12.1. The highest BCUT2D eigenvalue weighted by Crippen LogP contribution is 2.45. The van der Waals surface area contributed by atoms with Crippen LogP contribution in [0.3, 0.4) is 0 Å². The zero-order valence-electron chi connectivity index (χ0n) is 22.7. The molecular formula is C31H28ClNO7. The quantitative estimate of drug-likeness (QED) is 0.234. The van der Waals surface area contributed by atoms with Crippen LogP contribution in [0.1, 0.15) is 40.2 Å². The molecule has 4 aromatic rings. The number of carbonyl (C=O) groups excluding carboxylic acids is 2. The molecule has 5 rings (SSSR count). The molecule has 1 N–H and O–H groups in total. The first-order valence-electron chi connectivity index (χ1n) is 12.6. The number of halogens is 1. The first-order chi connectivity index (χ1) is 19.2. The zero-order chi connectivity index (χ0) is 28.7. The van der Waals surface area contributed by atoms with E-state index in [1.54, 1.807) is 36.4 Å². The van der Waals surface area contributed by atoms with E-state index in [2.05, 4.69) is 0 Å². The third kappa shape index (κ3) is 4.54. The number of aryl methyl sites for hydroxylation is 2. The largest absolute Gasteiger partial charge is 0.503 e. The van der Waals surface area contributed by atoms with Crippen LogP contribution in [-0.2, 0) is 4.79 Å². The maximum atomic E-state index is 14.1. The van der Waals surface area contributed by atoms with E-state index >= 15 is 0 Å². The van der Waals surface area contributed by atoms with E-state index in [0.29, 0.717) is 51.1 Å². The molecule has 40 heavy (non-hydrogen) atoms. The molecule has 206 valence electrons. The van der Waals surface area contributed by atoms with Crippen molar-refractivity contribution in [1.82, 2.24) is 0 Å². The van der Waals surface area contributed by atoms with Crippen molar-refractivity contribution in [2.24, 2.45) is 0 Å². The van der Waals surface area contributed by atoms with Gasteiger partial charge < -0.3 is 23.7 Å². The number of fused-ring (bicyclic) bond motifs is 1. The van der Waals surface area contributed by atoms with Crippen molar-refractivity contribution >= 4 is 39.9 Å². The van der Waals surface area contributed by atoms with Crippen LogP contribution in [0.25, 0.3) is 11.0 Å². The minimum atomic E-state index is -0.981. The Balaban J connectivity index is 1.70. The van der Waals surface area contributed by atoms with Crippen molar-refractivity contribution in [2.75, 3.05) is 25.7 Å². The van der Waals surface area contributed by atoms with Gasteiger partial charge in [0.05, 0.1) is 32.4 Å². The third-order valence-corrected chi connectivity index (χ3v) is 7.23. The highest BCUT2D eigenvalue weighted by Gasteiger charge is 2.45. The lowest BCUT2D eigenvalue weighted by atomic mass is 9.94. The van der Waals surface area contributed by atoms with Crippen LogP contribution in [0, 0.1) is 13.8 Å². The number of nitrogens with zero attached hydrogens (tertiary/aromatic N) is 1. The molecule has 0 radical (unpaired) electrons. The number of ketones is 1. The fourth-order valence-corrected chi connectivity index (χ4v) is 5.12. The molecule has 0 aliphatic carbocycles. The van der Waals surface area contributed by atoms with Gasteiger partial charge in [0.25, 0.3) is 5.91 Å². The summed E-state index contributed by atoms with van der Waals surface area (Å²) in [6.07, 6.45) is 0. The van der Waals surface area contributed by atoms with Gasteiger partial charge in [-0.3, -0.25) is 14.5 Å². The Morgan fingerprint density at radius 2 is 1.73 bits per heavy atom. The molecule has 8 nitrogen and oxygen atoms in total. The molecule has 1 amide bonds. The maximum Gasteiger partial charge on any atom is 0.294 e. The molecule has 2 heterocycles. The fourth-order valence-electron chi connectivity index (χ4n) is 4.91. The Hall–Kier alpha value is -4.43. The minimum Gasteiger partial charge on any atom is -0.503 e.